The SMILES string of the molecule is C.COCC[C@H]1CN(C(c2ccccc2)c2ccccn2)CCN1C(=O)CC1CCNCC1. The van der Waals surface area contributed by atoms with E-state index in [1.54, 1.807) is 7.11 Å². The number of piperazine rings is 1. The molecule has 6 heteroatoms. The number of nitrogens with one attached hydrogen (secondary N) is 1. The molecule has 33 heavy (non-hydrogen) atoms. The van der Waals surface area contributed by atoms with Gasteiger partial charge in [-0.25, -0.2) is 0 Å². The molecular weight excluding hydrogens is 412 g/mol. The van der Waals surface area contributed by atoms with Crippen molar-refractivity contribution >= 4 is 5.91 Å². The zero-order valence-electron chi connectivity index (χ0n) is 19.2. The molecule has 1 aromatic carbocycles. The van der Waals surface area contributed by atoms with Crippen molar-refractivity contribution in [3.63, 3.8) is 0 Å². The van der Waals surface area contributed by atoms with Gasteiger partial charge >= 0.3 is 0 Å². The van der Waals surface area contributed by atoms with E-state index in [0.29, 0.717) is 24.9 Å². The van der Waals surface area contributed by atoms with Crippen LogP contribution in [-0.2, 0) is 9.53 Å². The van der Waals surface area contributed by atoms with Gasteiger partial charge in [0.05, 0.1) is 11.7 Å². The first-order chi connectivity index (χ1) is 15.8. The van der Waals surface area contributed by atoms with Crippen LogP contribution in [0.25, 0.3) is 0 Å². The second-order valence-corrected chi connectivity index (χ2v) is 8.98. The molecule has 1 amide bonds. The van der Waals surface area contributed by atoms with Crippen molar-refractivity contribution in [1.82, 2.24) is 20.1 Å². The Labute approximate surface area is 199 Å². The number of methoxy groups -OCH3 is 1. The summed E-state index contributed by atoms with van der Waals surface area (Å²) < 4.78 is 5.41. The van der Waals surface area contributed by atoms with E-state index in [1.807, 2.05) is 12.3 Å². The molecule has 180 valence electrons. The van der Waals surface area contributed by atoms with Crippen molar-refractivity contribution in [2.75, 3.05) is 46.4 Å². The van der Waals surface area contributed by atoms with Crippen molar-refractivity contribution < 1.29 is 9.53 Å². The number of nitrogens with zero attached hydrogens (tertiary/aromatic N) is 3. The van der Waals surface area contributed by atoms with Crippen LogP contribution in [0.5, 0.6) is 0 Å². The van der Waals surface area contributed by atoms with Crippen LogP contribution in [0.3, 0.4) is 0 Å². The number of hydrogen-bond acceptors (Lipinski definition) is 5. The summed E-state index contributed by atoms with van der Waals surface area (Å²) in [4.78, 5) is 22.6. The van der Waals surface area contributed by atoms with Crippen LogP contribution in [0.15, 0.2) is 54.7 Å². The van der Waals surface area contributed by atoms with E-state index >= 15 is 0 Å². The van der Waals surface area contributed by atoms with Crippen LogP contribution < -0.4 is 5.32 Å². The molecule has 4 rings (SSSR count). The minimum Gasteiger partial charge on any atom is -0.385 e. The highest BCUT2D eigenvalue weighted by atomic mass is 16.5. The maximum atomic E-state index is 13.3. The lowest BCUT2D eigenvalue weighted by Gasteiger charge is -2.45. The van der Waals surface area contributed by atoms with Crippen LogP contribution in [-0.4, -0.2) is 73.2 Å². The number of carbonyl (C=O) groups is 1. The fraction of sp³-hybridized carbons (Fsp3) is 0.556. The molecule has 6 nitrogen and oxygen atoms in total. The first-order valence-corrected chi connectivity index (χ1v) is 12.0. The minimum atomic E-state index is 0. The lowest BCUT2D eigenvalue weighted by atomic mass is 9.93. The Hall–Kier alpha value is -2.28. The Morgan fingerprint density at radius 2 is 1.88 bits per heavy atom. The van der Waals surface area contributed by atoms with Crippen molar-refractivity contribution in [2.45, 2.75) is 45.2 Å². The van der Waals surface area contributed by atoms with Crippen molar-refractivity contribution in [3.8, 4) is 0 Å². The van der Waals surface area contributed by atoms with Gasteiger partial charge in [0.1, 0.15) is 0 Å². The van der Waals surface area contributed by atoms with Crippen molar-refractivity contribution in [2.24, 2.45) is 5.92 Å². The van der Waals surface area contributed by atoms with Crippen molar-refractivity contribution in [3.05, 3.63) is 66.0 Å². The second-order valence-electron chi connectivity index (χ2n) is 8.98. The zero-order chi connectivity index (χ0) is 22.2. The predicted molar refractivity (Wildman–Crippen MR) is 133 cm³/mol. The first kappa shape index (κ1) is 25.3. The van der Waals surface area contributed by atoms with E-state index in [-0.39, 0.29) is 19.5 Å². The lowest BCUT2D eigenvalue weighted by Crippen LogP contribution is -2.56. The molecule has 0 radical (unpaired) electrons. The summed E-state index contributed by atoms with van der Waals surface area (Å²) in [5.41, 5.74) is 2.30. The smallest absolute Gasteiger partial charge is 0.223 e. The van der Waals surface area contributed by atoms with E-state index in [2.05, 4.69) is 57.6 Å². The number of piperidine rings is 1. The quantitative estimate of drug-likeness (QED) is 0.661. The average molecular weight is 453 g/mol. The van der Waals surface area contributed by atoms with Crippen molar-refractivity contribution in [1.29, 1.82) is 0 Å². The summed E-state index contributed by atoms with van der Waals surface area (Å²) in [6.45, 7) is 5.15. The fourth-order valence-electron chi connectivity index (χ4n) is 5.13. The summed E-state index contributed by atoms with van der Waals surface area (Å²) >= 11 is 0. The lowest BCUT2D eigenvalue weighted by molar-refractivity contribution is -0.138. The van der Waals surface area contributed by atoms with Crippen LogP contribution in [0.1, 0.15) is 50.4 Å². The molecule has 2 aliphatic heterocycles. The number of benzene rings is 1. The number of amides is 1. The second kappa shape index (κ2) is 12.8. The van der Waals surface area contributed by atoms with Gasteiger partial charge < -0.3 is 15.0 Å². The van der Waals surface area contributed by atoms with Gasteiger partial charge in [-0.3, -0.25) is 14.7 Å². The van der Waals surface area contributed by atoms with Crippen LogP contribution in [0, 0.1) is 5.92 Å². The maximum absolute atomic E-state index is 13.3. The van der Waals surface area contributed by atoms with E-state index in [4.69, 9.17) is 9.72 Å². The largest absolute Gasteiger partial charge is 0.385 e. The molecule has 1 N–H and O–H groups in total. The monoisotopic (exact) mass is 452 g/mol. The van der Waals surface area contributed by atoms with Gasteiger partial charge in [0.2, 0.25) is 5.91 Å². The number of aromatic nitrogens is 1. The summed E-state index contributed by atoms with van der Waals surface area (Å²) in [6, 6.07) is 17.0. The highest BCUT2D eigenvalue weighted by Crippen LogP contribution is 2.30. The molecule has 0 bridgehead atoms. The zero-order valence-corrected chi connectivity index (χ0v) is 19.2. The minimum absolute atomic E-state index is 0. The Balaban J connectivity index is 0.00000306. The van der Waals surface area contributed by atoms with E-state index < -0.39 is 0 Å². The summed E-state index contributed by atoms with van der Waals surface area (Å²) in [5, 5.41) is 3.40. The molecule has 1 aromatic heterocycles. The molecule has 2 saturated heterocycles. The molecular formula is C27H40N4O2. The Morgan fingerprint density at radius 3 is 2.58 bits per heavy atom. The normalized spacial score (nSPS) is 20.8. The number of rotatable bonds is 8. The fourth-order valence-corrected chi connectivity index (χ4v) is 5.13. The summed E-state index contributed by atoms with van der Waals surface area (Å²) in [6.07, 6.45) is 5.60. The predicted octanol–water partition coefficient (Wildman–Crippen LogP) is 3.75. The third-order valence-corrected chi connectivity index (χ3v) is 6.86. The molecule has 0 saturated carbocycles. The van der Waals surface area contributed by atoms with E-state index in [0.717, 1.165) is 57.7 Å². The van der Waals surface area contributed by atoms with E-state index in [1.165, 1.54) is 5.56 Å². The van der Waals surface area contributed by atoms with Gasteiger partial charge in [-0.1, -0.05) is 43.8 Å². The number of pyridine rings is 1. The summed E-state index contributed by atoms with van der Waals surface area (Å²) in [5.74, 6) is 0.821. The number of hydrogen-bond donors (Lipinski definition) is 1. The Morgan fingerprint density at radius 1 is 1.12 bits per heavy atom. The molecule has 1 unspecified atom stereocenters. The molecule has 0 aliphatic carbocycles. The van der Waals surface area contributed by atoms with Gasteiger partial charge in [0.25, 0.3) is 0 Å². The Kier molecular flexibility index (Phi) is 9.85. The topological polar surface area (TPSA) is 57.7 Å². The van der Waals surface area contributed by atoms with Gasteiger partial charge in [0.15, 0.2) is 0 Å². The van der Waals surface area contributed by atoms with Gasteiger partial charge in [-0.05, 0) is 56.0 Å². The molecule has 2 fully saturated rings. The third-order valence-electron chi connectivity index (χ3n) is 6.86. The van der Waals surface area contributed by atoms with Crippen LogP contribution in [0.4, 0.5) is 0 Å². The third kappa shape index (κ3) is 6.62. The number of carbonyl (C=O) groups excluding carboxylic acids is 1. The van der Waals surface area contributed by atoms with Crippen LogP contribution in [0.2, 0.25) is 0 Å². The molecule has 2 atom stereocenters. The molecule has 2 aliphatic rings. The maximum Gasteiger partial charge on any atom is 0.223 e. The Bertz CT molecular complexity index is 787. The first-order valence-electron chi connectivity index (χ1n) is 12.0. The van der Waals surface area contributed by atoms with E-state index in [9.17, 15) is 4.79 Å². The highest BCUT2D eigenvalue weighted by Gasteiger charge is 2.35. The number of ether oxygens (including phenoxy) is 1. The van der Waals surface area contributed by atoms with Gasteiger partial charge in [-0.2, -0.15) is 0 Å². The summed E-state index contributed by atoms with van der Waals surface area (Å²) in [7, 11) is 1.74. The van der Waals surface area contributed by atoms with Gasteiger partial charge in [-0.15, -0.1) is 0 Å². The van der Waals surface area contributed by atoms with Crippen LogP contribution >= 0.6 is 0 Å². The highest BCUT2D eigenvalue weighted by molar-refractivity contribution is 5.77. The molecule has 3 heterocycles. The standard InChI is InChI=1S/C26H36N4O2.CH4/c1-32-18-12-23-20-29(16-17-30(23)25(31)19-21-10-14-27-15-11-21)26(22-7-3-2-4-8-22)24-9-5-6-13-28-24;/h2-9,13,21,23,26-27H,10-12,14-20H2,1H3;1H4/t23-,26?;/m0./s1. The molecule has 0 spiro atoms. The van der Waals surface area contributed by atoms with Gasteiger partial charge in [0, 0.05) is 52.0 Å². The molecule has 2 aromatic rings. The average Bonchev–Trinajstić information content (AvgIpc) is 2.85.